The molecule has 2 bridgehead atoms. The zero-order chi connectivity index (χ0) is 47.2. The van der Waals surface area contributed by atoms with Crippen LogP contribution in [0.1, 0.15) is 70.2 Å². The Hall–Kier alpha value is -8.93. The summed E-state index contributed by atoms with van der Waals surface area (Å²) < 4.78 is 0. The maximum atomic E-state index is 5.39. The molecule has 11 aromatic rings. The second-order valence-corrected chi connectivity index (χ2v) is 19.5. The number of hydrogen-bond acceptors (Lipinski definition) is 5. The molecule has 15 rings (SSSR count). The number of benzene rings is 9. The van der Waals surface area contributed by atoms with E-state index in [-0.39, 0.29) is 17.3 Å². The van der Waals surface area contributed by atoms with Crippen LogP contribution in [0.2, 0.25) is 0 Å². The van der Waals surface area contributed by atoms with Gasteiger partial charge in [-0.05, 0) is 85.0 Å². The molecule has 5 nitrogen and oxygen atoms in total. The predicted octanol–water partition coefficient (Wildman–Crippen LogP) is 15.6. The first-order valence-electron chi connectivity index (χ1n) is 24.5. The lowest BCUT2D eigenvalue weighted by atomic mass is 9.60. The summed E-state index contributed by atoms with van der Waals surface area (Å²) in [6.45, 7) is 4.72. The lowest BCUT2D eigenvalue weighted by molar-refractivity contribution is 0.662. The zero-order valence-electron chi connectivity index (χ0n) is 39.3. The molecule has 2 aromatic heterocycles. The summed E-state index contributed by atoms with van der Waals surface area (Å²) in [4.78, 5) is 26.0. The van der Waals surface area contributed by atoms with Gasteiger partial charge in [-0.25, -0.2) is 24.9 Å². The third-order valence-electron chi connectivity index (χ3n) is 15.1. The van der Waals surface area contributed by atoms with Gasteiger partial charge in [-0.3, -0.25) is 0 Å². The van der Waals surface area contributed by atoms with E-state index in [0.717, 1.165) is 50.3 Å². The van der Waals surface area contributed by atoms with Gasteiger partial charge in [0, 0.05) is 50.6 Å². The maximum absolute atomic E-state index is 5.39. The Morgan fingerprint density at radius 1 is 0.282 bits per heavy atom. The molecule has 71 heavy (non-hydrogen) atoms. The SMILES string of the molecule is CC1(C)c2ccccc2-c2cccc(-c3ccccc3-c3cc(-c4ccc5c(c4)C4c6ccccc6C5c5cc(-c6nc(-c7ccccc7)nc(-c7ccccc7)n6)ccc54)nc(-c4ccccc4)n3)c21. The molecule has 0 radical (unpaired) electrons. The average molecular weight is 908 g/mol. The summed E-state index contributed by atoms with van der Waals surface area (Å²) in [5, 5.41) is 0. The van der Waals surface area contributed by atoms with Crippen LogP contribution in [-0.4, -0.2) is 24.9 Å². The Labute approximate surface area is 413 Å². The van der Waals surface area contributed by atoms with Crippen LogP contribution < -0.4 is 0 Å². The van der Waals surface area contributed by atoms with Crippen LogP contribution in [-0.2, 0) is 5.41 Å². The van der Waals surface area contributed by atoms with E-state index >= 15 is 0 Å². The molecule has 0 N–H and O–H groups in total. The molecule has 4 aliphatic rings. The summed E-state index contributed by atoms with van der Waals surface area (Å²) in [6.07, 6.45) is 0. The molecule has 334 valence electrons. The largest absolute Gasteiger partial charge is 0.228 e. The molecule has 0 fully saturated rings. The molecule has 0 saturated heterocycles. The van der Waals surface area contributed by atoms with E-state index in [9.17, 15) is 0 Å². The van der Waals surface area contributed by atoms with Gasteiger partial charge in [0.15, 0.2) is 23.3 Å². The van der Waals surface area contributed by atoms with E-state index in [4.69, 9.17) is 24.9 Å². The molecule has 4 aliphatic carbocycles. The highest BCUT2D eigenvalue weighted by atomic mass is 15.0. The van der Waals surface area contributed by atoms with E-state index in [0.29, 0.717) is 23.3 Å². The van der Waals surface area contributed by atoms with Crippen molar-refractivity contribution in [3.8, 4) is 90.3 Å². The molecule has 2 atom stereocenters. The van der Waals surface area contributed by atoms with Crippen molar-refractivity contribution in [1.29, 1.82) is 0 Å². The van der Waals surface area contributed by atoms with E-state index < -0.39 is 0 Å². The smallest absolute Gasteiger partial charge is 0.164 e. The van der Waals surface area contributed by atoms with E-state index in [1.165, 1.54) is 61.2 Å². The van der Waals surface area contributed by atoms with Gasteiger partial charge >= 0.3 is 0 Å². The van der Waals surface area contributed by atoms with Gasteiger partial charge in [-0.15, -0.1) is 0 Å². The van der Waals surface area contributed by atoms with Crippen molar-refractivity contribution >= 4 is 0 Å². The fraction of sp³-hybridized carbons (Fsp3) is 0.0758. The van der Waals surface area contributed by atoms with Crippen LogP contribution in [0.5, 0.6) is 0 Å². The topological polar surface area (TPSA) is 64.5 Å². The third kappa shape index (κ3) is 6.57. The Morgan fingerprint density at radius 3 is 1.28 bits per heavy atom. The Morgan fingerprint density at radius 2 is 0.690 bits per heavy atom. The highest BCUT2D eigenvalue weighted by Crippen LogP contribution is 2.57. The molecule has 9 aromatic carbocycles. The van der Waals surface area contributed by atoms with Gasteiger partial charge in [-0.1, -0.05) is 220 Å². The maximum Gasteiger partial charge on any atom is 0.164 e. The number of aromatic nitrogens is 5. The van der Waals surface area contributed by atoms with Gasteiger partial charge < -0.3 is 0 Å². The Kier molecular flexibility index (Phi) is 9.30. The molecular weight excluding hydrogens is 863 g/mol. The molecule has 5 heteroatoms. The summed E-state index contributed by atoms with van der Waals surface area (Å²) in [7, 11) is 0. The van der Waals surface area contributed by atoms with E-state index in [2.05, 4.69) is 196 Å². The first-order valence-corrected chi connectivity index (χ1v) is 24.5. The molecule has 0 aliphatic heterocycles. The van der Waals surface area contributed by atoms with E-state index in [1.807, 2.05) is 42.5 Å². The third-order valence-corrected chi connectivity index (χ3v) is 15.1. The van der Waals surface area contributed by atoms with Gasteiger partial charge in [-0.2, -0.15) is 0 Å². The van der Waals surface area contributed by atoms with Crippen molar-refractivity contribution in [2.45, 2.75) is 31.1 Å². The monoisotopic (exact) mass is 907 g/mol. The molecule has 0 amide bonds. The minimum absolute atomic E-state index is 0.0370. The van der Waals surface area contributed by atoms with Crippen LogP contribution in [0, 0.1) is 0 Å². The standard InChI is InChI=1S/C66H45N5/c1-66(2)56-32-17-16-26-46(56)53-31-18-30-52(61(53)66)45-25-12-13-27-47(45)58-39-57(67-62(68-58)40-19-6-3-7-20-40)43-33-35-50-54(37-43)59-48-28-14-15-29-49(48)60(50)55-38-44(34-36-51(55)59)65-70-63(41-21-8-4-9-22-41)69-64(71-65)42-23-10-5-11-24-42/h3-39,59-60H,1-2H3. The molecule has 2 heterocycles. The quantitative estimate of drug-likeness (QED) is 0.159. The zero-order valence-corrected chi connectivity index (χ0v) is 39.3. The molecule has 2 unspecified atom stereocenters. The van der Waals surface area contributed by atoms with Crippen molar-refractivity contribution in [2.24, 2.45) is 0 Å². The van der Waals surface area contributed by atoms with E-state index in [1.54, 1.807) is 0 Å². The first-order chi connectivity index (χ1) is 35.0. The second kappa shape index (κ2) is 16.1. The highest BCUT2D eigenvalue weighted by molar-refractivity contribution is 5.93. The summed E-state index contributed by atoms with van der Waals surface area (Å²) in [6, 6.07) is 80.2. The minimum atomic E-state index is -0.173. The van der Waals surface area contributed by atoms with Crippen LogP contribution in [0.4, 0.5) is 0 Å². The normalized spacial score (nSPS) is 15.3. The van der Waals surface area contributed by atoms with Crippen molar-refractivity contribution in [1.82, 2.24) is 24.9 Å². The average Bonchev–Trinajstić information content (AvgIpc) is 3.68. The Bertz CT molecular complexity index is 3860. The number of fused-ring (bicyclic) bond motifs is 3. The van der Waals surface area contributed by atoms with Crippen molar-refractivity contribution in [3.63, 3.8) is 0 Å². The molecule has 0 spiro atoms. The lowest BCUT2D eigenvalue weighted by Gasteiger charge is -2.42. The number of nitrogens with zero attached hydrogens (tertiary/aromatic N) is 5. The summed E-state index contributed by atoms with van der Waals surface area (Å²) in [5.74, 6) is 2.74. The minimum Gasteiger partial charge on any atom is -0.228 e. The second-order valence-electron chi connectivity index (χ2n) is 19.5. The van der Waals surface area contributed by atoms with Crippen LogP contribution in [0.15, 0.2) is 224 Å². The van der Waals surface area contributed by atoms with Crippen molar-refractivity contribution in [2.75, 3.05) is 0 Å². The van der Waals surface area contributed by atoms with Crippen LogP contribution >= 0.6 is 0 Å². The summed E-state index contributed by atoms with van der Waals surface area (Å²) in [5.41, 5.74) is 23.3. The molecule has 0 saturated carbocycles. The van der Waals surface area contributed by atoms with Gasteiger partial charge in [0.1, 0.15) is 0 Å². The highest BCUT2D eigenvalue weighted by Gasteiger charge is 2.42. The van der Waals surface area contributed by atoms with Crippen molar-refractivity contribution in [3.05, 3.63) is 269 Å². The van der Waals surface area contributed by atoms with Gasteiger partial charge in [0.25, 0.3) is 0 Å². The number of hydrogen-bond donors (Lipinski definition) is 0. The molecular formula is C66H45N5. The first kappa shape index (κ1) is 41.1. The Balaban J connectivity index is 0.900. The van der Waals surface area contributed by atoms with Crippen LogP contribution in [0.25, 0.3) is 90.3 Å². The predicted molar refractivity (Wildman–Crippen MR) is 286 cm³/mol. The van der Waals surface area contributed by atoms with Gasteiger partial charge in [0.05, 0.1) is 11.4 Å². The van der Waals surface area contributed by atoms with Crippen LogP contribution in [0.3, 0.4) is 0 Å². The lowest BCUT2D eigenvalue weighted by Crippen LogP contribution is -2.27. The van der Waals surface area contributed by atoms with Gasteiger partial charge in [0.2, 0.25) is 0 Å². The fourth-order valence-corrected chi connectivity index (χ4v) is 11.9. The number of rotatable bonds is 7. The van der Waals surface area contributed by atoms with Crippen molar-refractivity contribution < 1.29 is 0 Å². The summed E-state index contributed by atoms with van der Waals surface area (Å²) >= 11 is 0. The fourth-order valence-electron chi connectivity index (χ4n) is 11.9.